The number of aliphatic imine (C=N–C) groups is 2. The number of carboxylic acid groups (broad SMARTS) is 2. The van der Waals surface area contributed by atoms with Crippen molar-refractivity contribution in [3.05, 3.63) is 0 Å². The molecule has 18 heteroatoms. The van der Waals surface area contributed by atoms with Gasteiger partial charge in [0.15, 0.2) is 11.9 Å². The number of amides is 3. The summed E-state index contributed by atoms with van der Waals surface area (Å²) in [4.78, 5) is 69.1. The molecule has 0 heterocycles. The number of nitrogens with zero attached hydrogens (tertiary/aromatic N) is 2. The normalized spacial score (nSPS) is 13.6. The van der Waals surface area contributed by atoms with E-state index in [4.69, 9.17) is 34.4 Å². The van der Waals surface area contributed by atoms with Crippen LogP contribution in [0.1, 0.15) is 51.4 Å². The van der Waals surface area contributed by atoms with Crippen LogP contribution in [0.2, 0.25) is 0 Å². The molecule has 0 aromatic heterocycles. The summed E-state index contributed by atoms with van der Waals surface area (Å²) in [6, 6.07) is -5.22. The number of nitrogens with one attached hydrogen (secondary N) is 3. The third-order valence-electron chi connectivity index (χ3n) is 5.46. The topological polar surface area (TPSA) is 343 Å². The van der Waals surface area contributed by atoms with Crippen LogP contribution in [0.15, 0.2) is 9.98 Å². The third-order valence-corrected chi connectivity index (χ3v) is 5.46. The summed E-state index contributed by atoms with van der Waals surface area (Å²) in [6.45, 7) is 0.685. The molecule has 4 unspecified atom stereocenters. The van der Waals surface area contributed by atoms with Gasteiger partial charge < -0.3 is 60.6 Å². The van der Waals surface area contributed by atoms with Gasteiger partial charge in [0.05, 0.1) is 12.5 Å². The minimum absolute atomic E-state index is 0.00727. The highest BCUT2D eigenvalue weighted by Gasteiger charge is 2.31. The van der Waals surface area contributed by atoms with Crippen molar-refractivity contribution in [2.24, 2.45) is 44.4 Å². The molecule has 0 aromatic carbocycles. The van der Waals surface area contributed by atoms with Crippen molar-refractivity contribution >= 4 is 41.6 Å². The molecule has 0 saturated heterocycles. The SMILES string of the molecule is NCCCCC(NC(=O)C(CC(=O)O)NC(=O)C(CCCN=C(N)N)NC(=O)C(N)CCCN=C(N)N)C(=O)O. The van der Waals surface area contributed by atoms with Crippen LogP contribution in [0.25, 0.3) is 0 Å². The van der Waals surface area contributed by atoms with Gasteiger partial charge in [0, 0.05) is 13.1 Å². The molecule has 0 fully saturated rings. The molecule has 0 aliphatic rings. The molecule has 0 radical (unpaired) electrons. The van der Waals surface area contributed by atoms with Crippen LogP contribution in [0.4, 0.5) is 0 Å². The summed E-state index contributed by atoms with van der Waals surface area (Å²) in [5.74, 6) is -5.63. The van der Waals surface area contributed by atoms with E-state index in [0.29, 0.717) is 25.8 Å². The zero-order valence-corrected chi connectivity index (χ0v) is 22.4. The highest BCUT2D eigenvalue weighted by atomic mass is 16.4. The summed E-state index contributed by atoms with van der Waals surface area (Å²) >= 11 is 0. The van der Waals surface area contributed by atoms with Crippen LogP contribution in [-0.2, 0) is 24.0 Å². The first-order valence-electron chi connectivity index (χ1n) is 12.7. The molecule has 228 valence electrons. The first-order valence-corrected chi connectivity index (χ1v) is 12.7. The lowest BCUT2D eigenvalue weighted by Crippen LogP contribution is -2.57. The number of aliphatic carboxylic acids is 2. The highest BCUT2D eigenvalue weighted by Crippen LogP contribution is 2.06. The van der Waals surface area contributed by atoms with Gasteiger partial charge in [-0.15, -0.1) is 0 Å². The minimum atomic E-state index is -1.63. The van der Waals surface area contributed by atoms with E-state index in [1.807, 2.05) is 0 Å². The number of rotatable bonds is 21. The predicted molar refractivity (Wildman–Crippen MR) is 146 cm³/mol. The van der Waals surface area contributed by atoms with E-state index in [9.17, 15) is 34.2 Å². The van der Waals surface area contributed by atoms with E-state index in [-0.39, 0.29) is 50.7 Å². The van der Waals surface area contributed by atoms with E-state index in [1.165, 1.54) is 0 Å². The van der Waals surface area contributed by atoms with E-state index in [2.05, 4.69) is 25.9 Å². The second-order valence-corrected chi connectivity index (χ2v) is 8.91. The van der Waals surface area contributed by atoms with Gasteiger partial charge in [0.25, 0.3) is 0 Å². The first-order chi connectivity index (χ1) is 18.8. The number of carboxylic acids is 2. The predicted octanol–water partition coefficient (Wildman–Crippen LogP) is -4.44. The average Bonchev–Trinajstić information content (AvgIpc) is 2.86. The van der Waals surface area contributed by atoms with Gasteiger partial charge in [-0.05, 0) is 51.5 Å². The van der Waals surface area contributed by atoms with Gasteiger partial charge in [0.1, 0.15) is 18.1 Å². The standard InChI is InChI=1S/C22H43N11O7/c23-8-2-1-6-14(20(39)40)32-19(38)15(11-16(34)35)33-18(37)13(7-4-10-30-22(27)28)31-17(36)12(24)5-3-9-29-21(25)26/h12-15H,1-11,23-24H2,(H,31,36)(H,32,38)(H,33,37)(H,34,35)(H,39,40)(H4,25,26,29)(H4,27,28,30). The Morgan fingerprint density at radius 2 is 1.12 bits per heavy atom. The molecule has 0 aromatic rings. The fourth-order valence-electron chi connectivity index (χ4n) is 3.38. The van der Waals surface area contributed by atoms with E-state index >= 15 is 0 Å². The number of hydrogen-bond donors (Lipinski definition) is 11. The molecular weight excluding hydrogens is 530 g/mol. The molecule has 4 atom stereocenters. The molecule has 17 N–H and O–H groups in total. The maximum Gasteiger partial charge on any atom is 0.326 e. The van der Waals surface area contributed by atoms with Gasteiger partial charge in [-0.2, -0.15) is 0 Å². The van der Waals surface area contributed by atoms with Crippen LogP contribution >= 0.6 is 0 Å². The fourth-order valence-corrected chi connectivity index (χ4v) is 3.38. The third kappa shape index (κ3) is 16.6. The number of hydrogen-bond acceptors (Lipinski definition) is 9. The van der Waals surface area contributed by atoms with Gasteiger partial charge in [0.2, 0.25) is 17.7 Å². The van der Waals surface area contributed by atoms with Crippen molar-refractivity contribution in [2.75, 3.05) is 19.6 Å². The summed E-state index contributed by atoms with van der Waals surface area (Å²) in [5, 5.41) is 25.7. The minimum Gasteiger partial charge on any atom is -0.481 e. The van der Waals surface area contributed by atoms with Gasteiger partial charge >= 0.3 is 11.9 Å². The second kappa shape index (κ2) is 19.8. The molecule has 3 amide bonds. The lowest BCUT2D eigenvalue weighted by Gasteiger charge is -2.24. The monoisotopic (exact) mass is 573 g/mol. The van der Waals surface area contributed by atoms with Gasteiger partial charge in [-0.3, -0.25) is 29.2 Å². The average molecular weight is 574 g/mol. The van der Waals surface area contributed by atoms with Gasteiger partial charge in [-0.1, -0.05) is 0 Å². The van der Waals surface area contributed by atoms with Crippen LogP contribution in [0.3, 0.4) is 0 Å². The molecular formula is C22H43N11O7. The molecule has 40 heavy (non-hydrogen) atoms. The van der Waals surface area contributed by atoms with Crippen molar-refractivity contribution in [1.82, 2.24) is 16.0 Å². The number of carbonyl (C=O) groups is 5. The largest absolute Gasteiger partial charge is 0.481 e. The first kappa shape index (κ1) is 35.8. The molecule has 0 aliphatic heterocycles. The Labute approximate surface area is 231 Å². The number of guanidine groups is 2. The Morgan fingerprint density at radius 3 is 1.62 bits per heavy atom. The maximum atomic E-state index is 13.1. The Hall–Kier alpha value is -4.19. The molecule has 0 aliphatic carbocycles. The zero-order chi connectivity index (χ0) is 30.7. The molecule has 0 bridgehead atoms. The number of carbonyl (C=O) groups excluding carboxylic acids is 3. The van der Waals surface area contributed by atoms with Crippen LogP contribution in [-0.4, -0.2) is 95.6 Å². The highest BCUT2D eigenvalue weighted by molar-refractivity contribution is 5.95. The van der Waals surface area contributed by atoms with E-state index in [0.717, 1.165) is 0 Å². The summed E-state index contributed by atoms with van der Waals surface area (Å²) in [5.41, 5.74) is 32.4. The van der Waals surface area contributed by atoms with E-state index in [1.54, 1.807) is 0 Å². The Balaban J connectivity index is 5.57. The number of nitrogens with two attached hydrogens (primary N) is 6. The molecule has 0 rings (SSSR count). The Morgan fingerprint density at radius 1 is 0.650 bits per heavy atom. The molecule has 0 spiro atoms. The Bertz CT molecular complexity index is 906. The lowest BCUT2D eigenvalue weighted by molar-refractivity contribution is -0.143. The molecule has 18 nitrogen and oxygen atoms in total. The summed E-state index contributed by atoms with van der Waals surface area (Å²) in [6.07, 6.45) is 0.941. The fraction of sp³-hybridized carbons (Fsp3) is 0.682. The van der Waals surface area contributed by atoms with Crippen LogP contribution < -0.4 is 50.4 Å². The maximum absolute atomic E-state index is 13.1. The second-order valence-electron chi connectivity index (χ2n) is 8.91. The van der Waals surface area contributed by atoms with Crippen molar-refractivity contribution in [3.8, 4) is 0 Å². The van der Waals surface area contributed by atoms with Crippen molar-refractivity contribution in [3.63, 3.8) is 0 Å². The van der Waals surface area contributed by atoms with Crippen molar-refractivity contribution < 1.29 is 34.2 Å². The summed E-state index contributed by atoms with van der Waals surface area (Å²) < 4.78 is 0. The van der Waals surface area contributed by atoms with E-state index < -0.39 is 60.2 Å². The summed E-state index contributed by atoms with van der Waals surface area (Å²) in [7, 11) is 0. The van der Waals surface area contributed by atoms with Gasteiger partial charge in [-0.25, -0.2) is 4.79 Å². The van der Waals surface area contributed by atoms with Crippen molar-refractivity contribution in [1.29, 1.82) is 0 Å². The number of unbranched alkanes of at least 4 members (excludes halogenated alkanes) is 1. The lowest BCUT2D eigenvalue weighted by atomic mass is 10.1. The van der Waals surface area contributed by atoms with Crippen LogP contribution in [0.5, 0.6) is 0 Å². The van der Waals surface area contributed by atoms with Crippen LogP contribution in [0, 0.1) is 0 Å². The zero-order valence-electron chi connectivity index (χ0n) is 22.4. The molecule has 0 saturated carbocycles. The quantitative estimate of drug-likeness (QED) is 0.0351. The Kier molecular flexibility index (Phi) is 17.7. The van der Waals surface area contributed by atoms with Crippen molar-refractivity contribution in [2.45, 2.75) is 75.5 Å². The smallest absolute Gasteiger partial charge is 0.326 e.